The van der Waals surface area contributed by atoms with Crippen molar-refractivity contribution in [3.05, 3.63) is 33.4 Å². The van der Waals surface area contributed by atoms with E-state index in [2.05, 4.69) is 27.9 Å². The zero-order chi connectivity index (χ0) is 16.7. The van der Waals surface area contributed by atoms with Gasteiger partial charge in [-0.3, -0.25) is 4.79 Å². The molecular formula is C16H22INO4. The van der Waals surface area contributed by atoms with Crippen LogP contribution in [-0.2, 0) is 20.7 Å². The molecule has 0 aliphatic rings. The van der Waals surface area contributed by atoms with Gasteiger partial charge in [-0.2, -0.15) is 0 Å². The lowest BCUT2D eigenvalue weighted by Gasteiger charge is -2.20. The van der Waals surface area contributed by atoms with E-state index in [0.29, 0.717) is 12.8 Å². The lowest BCUT2D eigenvalue weighted by Crippen LogP contribution is -2.47. The highest BCUT2D eigenvalue weighted by Crippen LogP contribution is 2.14. The van der Waals surface area contributed by atoms with Crippen LogP contribution in [0.4, 0.5) is 0 Å². The van der Waals surface area contributed by atoms with Gasteiger partial charge in [0.25, 0.3) is 0 Å². The predicted octanol–water partition coefficient (Wildman–Crippen LogP) is 1.90. The van der Waals surface area contributed by atoms with Crippen LogP contribution in [0, 0.1) is 9.49 Å². The van der Waals surface area contributed by atoms with Crippen molar-refractivity contribution in [2.45, 2.75) is 38.8 Å². The van der Waals surface area contributed by atoms with E-state index in [1.165, 1.54) is 7.11 Å². The summed E-state index contributed by atoms with van der Waals surface area (Å²) in [4.78, 5) is 23.9. The molecule has 0 aliphatic carbocycles. The summed E-state index contributed by atoms with van der Waals surface area (Å²) >= 11 is 2.18. The lowest BCUT2D eigenvalue weighted by atomic mass is 10.0. The fraction of sp³-hybridized carbons (Fsp3) is 0.500. The Bertz CT molecular complexity index is 519. The van der Waals surface area contributed by atoms with Crippen LogP contribution in [0.15, 0.2) is 24.3 Å². The average molecular weight is 419 g/mol. The average Bonchev–Trinajstić information content (AvgIpc) is 2.47. The van der Waals surface area contributed by atoms with Crippen LogP contribution < -0.4 is 5.32 Å². The number of halogens is 1. The van der Waals surface area contributed by atoms with Gasteiger partial charge in [-0.25, -0.2) is 4.79 Å². The number of hydrogen-bond acceptors (Lipinski definition) is 4. The molecule has 0 radical (unpaired) electrons. The van der Waals surface area contributed by atoms with Crippen LogP contribution >= 0.6 is 22.6 Å². The Morgan fingerprint density at radius 2 is 1.95 bits per heavy atom. The fourth-order valence-electron chi connectivity index (χ4n) is 2.04. The number of carbonyl (C=O) groups excluding carboxylic acids is 2. The molecule has 2 N–H and O–H groups in total. The van der Waals surface area contributed by atoms with Crippen molar-refractivity contribution in [3.8, 4) is 0 Å². The van der Waals surface area contributed by atoms with Gasteiger partial charge in [0, 0.05) is 9.99 Å². The summed E-state index contributed by atoms with van der Waals surface area (Å²) in [5, 5.41) is 12.4. The zero-order valence-electron chi connectivity index (χ0n) is 13.0. The van der Waals surface area contributed by atoms with E-state index < -0.39 is 24.0 Å². The quantitative estimate of drug-likeness (QED) is 0.523. The van der Waals surface area contributed by atoms with E-state index in [1.54, 1.807) is 0 Å². The Hall–Kier alpha value is -1.15. The maximum absolute atomic E-state index is 12.0. The minimum atomic E-state index is -1.12. The van der Waals surface area contributed by atoms with Crippen LogP contribution in [0.1, 0.15) is 25.8 Å². The molecule has 0 heterocycles. The SMILES string of the molecule is COC(=O)[C@H](Cc1ccccc1I)NC(=O)[C@H](O)CC(C)C. The zero-order valence-corrected chi connectivity index (χ0v) is 15.2. The number of rotatable bonds is 7. The molecule has 1 aromatic carbocycles. The van der Waals surface area contributed by atoms with E-state index in [-0.39, 0.29) is 5.92 Å². The standard InChI is InChI=1S/C16H22INO4/c1-10(2)8-14(19)15(20)18-13(16(21)22-3)9-11-6-4-5-7-12(11)17/h4-7,10,13-14,19H,8-9H2,1-3H3,(H,18,20)/t13-,14+/m0/s1. The molecule has 0 unspecified atom stereocenters. The van der Waals surface area contributed by atoms with Crippen molar-refractivity contribution in [2.24, 2.45) is 5.92 Å². The Balaban J connectivity index is 2.79. The summed E-state index contributed by atoms with van der Waals surface area (Å²) in [5.74, 6) is -0.882. The number of nitrogens with one attached hydrogen (secondary N) is 1. The summed E-state index contributed by atoms with van der Waals surface area (Å²) in [6.45, 7) is 3.83. The highest BCUT2D eigenvalue weighted by atomic mass is 127. The normalized spacial score (nSPS) is 13.5. The first kappa shape index (κ1) is 18.9. The molecule has 1 rings (SSSR count). The molecule has 1 aromatic rings. The number of benzene rings is 1. The summed E-state index contributed by atoms with van der Waals surface area (Å²) < 4.78 is 5.75. The first-order chi connectivity index (χ1) is 10.3. The first-order valence-corrected chi connectivity index (χ1v) is 8.22. The third kappa shape index (κ3) is 5.92. The summed E-state index contributed by atoms with van der Waals surface area (Å²) in [7, 11) is 1.28. The minimum absolute atomic E-state index is 0.187. The molecular weight excluding hydrogens is 397 g/mol. The predicted molar refractivity (Wildman–Crippen MR) is 92.3 cm³/mol. The maximum Gasteiger partial charge on any atom is 0.328 e. The van der Waals surface area contributed by atoms with Crippen LogP contribution in [0.25, 0.3) is 0 Å². The van der Waals surface area contributed by atoms with Crippen molar-refractivity contribution in [1.29, 1.82) is 0 Å². The van der Waals surface area contributed by atoms with Crippen molar-refractivity contribution in [3.63, 3.8) is 0 Å². The third-order valence-corrected chi connectivity index (χ3v) is 4.23. The summed E-state index contributed by atoms with van der Waals surface area (Å²) in [5.41, 5.74) is 0.942. The van der Waals surface area contributed by atoms with Gasteiger partial charge in [0.05, 0.1) is 7.11 Å². The molecule has 0 saturated carbocycles. The molecule has 0 bridgehead atoms. The van der Waals surface area contributed by atoms with Crippen molar-refractivity contribution in [1.82, 2.24) is 5.32 Å². The molecule has 0 aromatic heterocycles. The van der Waals surface area contributed by atoms with Gasteiger partial charge in [0.1, 0.15) is 12.1 Å². The third-order valence-electron chi connectivity index (χ3n) is 3.18. The van der Waals surface area contributed by atoms with Crippen LogP contribution in [0.2, 0.25) is 0 Å². The number of ether oxygens (including phenoxy) is 1. The minimum Gasteiger partial charge on any atom is -0.467 e. The second kappa shape index (κ2) is 9.09. The molecule has 0 saturated heterocycles. The van der Waals surface area contributed by atoms with E-state index in [9.17, 15) is 14.7 Å². The topological polar surface area (TPSA) is 75.6 Å². The highest BCUT2D eigenvalue weighted by molar-refractivity contribution is 14.1. The first-order valence-electron chi connectivity index (χ1n) is 7.14. The van der Waals surface area contributed by atoms with Gasteiger partial charge in [0.2, 0.25) is 5.91 Å². The number of carbonyl (C=O) groups is 2. The molecule has 6 heteroatoms. The van der Waals surface area contributed by atoms with Crippen molar-refractivity contribution < 1.29 is 19.4 Å². The van der Waals surface area contributed by atoms with E-state index in [4.69, 9.17) is 4.74 Å². The largest absolute Gasteiger partial charge is 0.467 e. The molecule has 22 heavy (non-hydrogen) atoms. The van der Waals surface area contributed by atoms with Crippen molar-refractivity contribution >= 4 is 34.5 Å². The molecule has 5 nitrogen and oxygen atoms in total. The van der Waals surface area contributed by atoms with Gasteiger partial charge in [-0.15, -0.1) is 0 Å². The Morgan fingerprint density at radius 1 is 1.32 bits per heavy atom. The van der Waals surface area contributed by atoms with Crippen molar-refractivity contribution in [2.75, 3.05) is 7.11 Å². The summed E-state index contributed by atoms with van der Waals surface area (Å²) in [6, 6.07) is 6.80. The smallest absolute Gasteiger partial charge is 0.328 e. The van der Waals surface area contributed by atoms with Gasteiger partial charge < -0.3 is 15.2 Å². The second-order valence-electron chi connectivity index (χ2n) is 5.53. The van der Waals surface area contributed by atoms with Crippen LogP contribution in [-0.4, -0.2) is 36.2 Å². The number of esters is 1. The number of aliphatic hydroxyl groups excluding tert-OH is 1. The van der Waals surface area contributed by atoms with Crippen LogP contribution in [0.3, 0.4) is 0 Å². The Kier molecular flexibility index (Phi) is 7.81. The van der Waals surface area contributed by atoms with Crippen LogP contribution in [0.5, 0.6) is 0 Å². The van der Waals surface area contributed by atoms with Gasteiger partial charge >= 0.3 is 5.97 Å². The highest BCUT2D eigenvalue weighted by Gasteiger charge is 2.26. The molecule has 0 fully saturated rings. The molecule has 0 aliphatic heterocycles. The van der Waals surface area contributed by atoms with Gasteiger partial charge in [0.15, 0.2) is 0 Å². The fourth-order valence-corrected chi connectivity index (χ4v) is 2.65. The lowest BCUT2D eigenvalue weighted by molar-refractivity contribution is -0.146. The molecule has 2 atom stereocenters. The van der Waals surface area contributed by atoms with E-state index in [1.807, 2.05) is 38.1 Å². The van der Waals surface area contributed by atoms with Gasteiger partial charge in [-0.1, -0.05) is 32.0 Å². The number of hydrogen-bond donors (Lipinski definition) is 2. The Labute approximate surface area is 144 Å². The number of aliphatic hydroxyl groups is 1. The van der Waals surface area contributed by atoms with E-state index >= 15 is 0 Å². The molecule has 122 valence electrons. The molecule has 0 spiro atoms. The second-order valence-corrected chi connectivity index (χ2v) is 6.69. The number of amides is 1. The Morgan fingerprint density at radius 3 is 2.50 bits per heavy atom. The summed E-state index contributed by atoms with van der Waals surface area (Å²) in [6.07, 6.45) is -0.448. The van der Waals surface area contributed by atoms with Gasteiger partial charge in [-0.05, 0) is 46.6 Å². The number of methoxy groups -OCH3 is 1. The molecule has 1 amide bonds. The monoisotopic (exact) mass is 419 g/mol. The maximum atomic E-state index is 12.0. The van der Waals surface area contributed by atoms with E-state index in [0.717, 1.165) is 9.13 Å².